The Morgan fingerprint density at radius 2 is 1.57 bits per heavy atom. The van der Waals surface area contributed by atoms with E-state index in [-0.39, 0.29) is 0 Å². The summed E-state index contributed by atoms with van der Waals surface area (Å²) in [5, 5.41) is 0. The van der Waals surface area contributed by atoms with Gasteiger partial charge in [-0.3, -0.25) is 0 Å². The Kier molecular flexibility index (Phi) is 3.16. The summed E-state index contributed by atoms with van der Waals surface area (Å²) in [6, 6.07) is 0. The third-order valence-corrected chi connectivity index (χ3v) is 3.89. The second-order valence-corrected chi connectivity index (χ2v) is 5.37. The molecular formula is C14H22. The molecule has 0 heterocycles. The largest absolute Gasteiger partial charge is 0.0993 e. The van der Waals surface area contributed by atoms with E-state index in [1.807, 2.05) is 0 Å². The molecule has 0 N–H and O–H groups in total. The predicted octanol–water partition coefficient (Wildman–Crippen LogP) is 4.15. The summed E-state index contributed by atoms with van der Waals surface area (Å²) in [6.07, 6.45) is 12.5. The molecule has 0 atom stereocenters. The highest BCUT2D eigenvalue weighted by Gasteiger charge is 2.26. The van der Waals surface area contributed by atoms with Gasteiger partial charge < -0.3 is 0 Å². The van der Waals surface area contributed by atoms with Crippen LogP contribution in [0.4, 0.5) is 0 Å². The van der Waals surface area contributed by atoms with Gasteiger partial charge in [-0.15, -0.1) is 0 Å². The third-order valence-electron chi connectivity index (χ3n) is 3.89. The van der Waals surface area contributed by atoms with E-state index in [4.69, 9.17) is 0 Å². The first kappa shape index (κ1) is 10.1. The van der Waals surface area contributed by atoms with Gasteiger partial charge in [0.25, 0.3) is 0 Å². The van der Waals surface area contributed by atoms with Gasteiger partial charge in [0.15, 0.2) is 0 Å². The van der Waals surface area contributed by atoms with Crippen LogP contribution in [0.2, 0.25) is 0 Å². The topological polar surface area (TPSA) is 0 Å². The molecule has 0 amide bonds. The quantitative estimate of drug-likeness (QED) is 0.503. The molecule has 0 radical (unpaired) electrons. The Hall–Kier alpha value is -0.440. The lowest BCUT2D eigenvalue weighted by Crippen LogP contribution is -2.09. The molecule has 0 unspecified atom stereocenters. The fourth-order valence-corrected chi connectivity index (χ4v) is 2.80. The van der Waals surface area contributed by atoms with Crippen LogP contribution < -0.4 is 0 Å². The summed E-state index contributed by atoms with van der Waals surface area (Å²) in [5.41, 5.74) is 0.386. The van der Waals surface area contributed by atoms with Crippen LogP contribution in [0.25, 0.3) is 0 Å². The number of rotatable bonds is 0. The Morgan fingerprint density at radius 1 is 0.929 bits per heavy atom. The number of hydrogen-bond donors (Lipinski definition) is 0. The minimum Gasteiger partial charge on any atom is -0.0993 e. The molecule has 0 aromatic carbocycles. The fourth-order valence-electron chi connectivity index (χ4n) is 2.80. The summed E-state index contributed by atoms with van der Waals surface area (Å²) in [5.74, 6) is 7.87. The lowest BCUT2D eigenvalue weighted by Gasteiger charge is -2.18. The molecule has 0 aromatic heterocycles. The molecule has 0 saturated heterocycles. The van der Waals surface area contributed by atoms with Crippen LogP contribution in [0, 0.1) is 23.2 Å². The molecular weight excluding hydrogens is 168 g/mol. The minimum absolute atomic E-state index is 0.386. The van der Waals surface area contributed by atoms with Crippen molar-refractivity contribution in [3.8, 4) is 11.8 Å². The first-order valence-corrected chi connectivity index (χ1v) is 6.31. The van der Waals surface area contributed by atoms with E-state index in [0.717, 1.165) is 5.92 Å². The molecule has 0 bridgehead atoms. The summed E-state index contributed by atoms with van der Waals surface area (Å²) in [7, 11) is 0. The van der Waals surface area contributed by atoms with Crippen LogP contribution in [-0.4, -0.2) is 0 Å². The summed E-state index contributed by atoms with van der Waals surface area (Å²) >= 11 is 0. The van der Waals surface area contributed by atoms with Crippen LogP contribution in [-0.2, 0) is 0 Å². The molecule has 2 saturated carbocycles. The zero-order chi connectivity index (χ0) is 9.86. The van der Waals surface area contributed by atoms with Crippen molar-refractivity contribution < 1.29 is 0 Å². The van der Waals surface area contributed by atoms with Gasteiger partial charge in [0.1, 0.15) is 0 Å². The van der Waals surface area contributed by atoms with E-state index < -0.39 is 0 Å². The molecule has 2 rings (SSSR count). The van der Waals surface area contributed by atoms with Crippen molar-refractivity contribution in [1.82, 2.24) is 0 Å². The normalized spacial score (nSPS) is 26.9. The minimum atomic E-state index is 0.386. The maximum absolute atomic E-state index is 3.58. The average molecular weight is 190 g/mol. The van der Waals surface area contributed by atoms with E-state index in [1.165, 1.54) is 57.8 Å². The average Bonchev–Trinajstić information content (AvgIpc) is 2.65. The standard InChI is InChI=1S/C14H22/c1-14(10-5-6-11-14)12-9-13-7-3-2-4-8-13/h13H,2-8,10-11H2,1H3. The van der Waals surface area contributed by atoms with E-state index in [0.29, 0.717) is 5.41 Å². The first-order chi connectivity index (χ1) is 6.79. The molecule has 0 nitrogen and oxygen atoms in total. The van der Waals surface area contributed by atoms with Gasteiger partial charge >= 0.3 is 0 Å². The summed E-state index contributed by atoms with van der Waals surface area (Å²) in [4.78, 5) is 0. The Morgan fingerprint density at radius 3 is 2.21 bits per heavy atom. The lowest BCUT2D eigenvalue weighted by atomic mass is 9.86. The van der Waals surface area contributed by atoms with E-state index >= 15 is 0 Å². The summed E-state index contributed by atoms with van der Waals surface area (Å²) in [6.45, 7) is 2.36. The summed E-state index contributed by atoms with van der Waals surface area (Å²) < 4.78 is 0. The maximum Gasteiger partial charge on any atom is 0.0286 e. The van der Waals surface area contributed by atoms with Crippen LogP contribution >= 0.6 is 0 Å². The Bertz CT molecular complexity index is 228. The van der Waals surface area contributed by atoms with Crippen molar-refractivity contribution in [3.63, 3.8) is 0 Å². The van der Waals surface area contributed by atoms with Crippen molar-refractivity contribution in [1.29, 1.82) is 0 Å². The van der Waals surface area contributed by atoms with Gasteiger partial charge in [-0.1, -0.05) is 43.9 Å². The van der Waals surface area contributed by atoms with Crippen LogP contribution in [0.5, 0.6) is 0 Å². The highest BCUT2D eigenvalue weighted by Crippen LogP contribution is 2.37. The Balaban J connectivity index is 1.90. The highest BCUT2D eigenvalue weighted by atomic mass is 14.3. The van der Waals surface area contributed by atoms with E-state index in [1.54, 1.807) is 0 Å². The molecule has 0 aromatic rings. The Labute approximate surface area is 88.5 Å². The third kappa shape index (κ3) is 2.53. The van der Waals surface area contributed by atoms with Crippen LogP contribution in [0.1, 0.15) is 64.7 Å². The maximum atomic E-state index is 3.58. The van der Waals surface area contributed by atoms with Crippen LogP contribution in [0.15, 0.2) is 0 Å². The zero-order valence-electron chi connectivity index (χ0n) is 9.44. The predicted molar refractivity (Wildman–Crippen MR) is 60.9 cm³/mol. The molecule has 2 aliphatic rings. The van der Waals surface area contributed by atoms with Gasteiger partial charge in [-0.05, 0) is 32.6 Å². The van der Waals surface area contributed by atoms with Crippen molar-refractivity contribution in [2.75, 3.05) is 0 Å². The van der Waals surface area contributed by atoms with Gasteiger partial charge in [0.2, 0.25) is 0 Å². The van der Waals surface area contributed by atoms with Gasteiger partial charge in [-0.2, -0.15) is 0 Å². The molecule has 78 valence electrons. The molecule has 14 heavy (non-hydrogen) atoms. The highest BCUT2D eigenvalue weighted by molar-refractivity contribution is 5.14. The second-order valence-electron chi connectivity index (χ2n) is 5.37. The van der Waals surface area contributed by atoms with E-state index in [2.05, 4.69) is 18.8 Å². The number of hydrogen-bond acceptors (Lipinski definition) is 0. The van der Waals surface area contributed by atoms with Crippen molar-refractivity contribution >= 4 is 0 Å². The van der Waals surface area contributed by atoms with E-state index in [9.17, 15) is 0 Å². The lowest BCUT2D eigenvalue weighted by molar-refractivity contribution is 0.424. The fraction of sp³-hybridized carbons (Fsp3) is 0.857. The smallest absolute Gasteiger partial charge is 0.0286 e. The monoisotopic (exact) mass is 190 g/mol. The van der Waals surface area contributed by atoms with Crippen molar-refractivity contribution in [2.24, 2.45) is 11.3 Å². The van der Waals surface area contributed by atoms with Gasteiger partial charge in [-0.25, -0.2) is 0 Å². The van der Waals surface area contributed by atoms with Gasteiger partial charge in [0.05, 0.1) is 0 Å². The second kappa shape index (κ2) is 4.39. The molecule has 2 aliphatic carbocycles. The molecule has 0 spiro atoms. The van der Waals surface area contributed by atoms with Gasteiger partial charge in [0, 0.05) is 11.3 Å². The molecule has 0 heteroatoms. The van der Waals surface area contributed by atoms with Crippen molar-refractivity contribution in [2.45, 2.75) is 64.7 Å². The SMILES string of the molecule is CC1(C#CC2CCCCC2)CCCC1. The molecule has 2 fully saturated rings. The zero-order valence-corrected chi connectivity index (χ0v) is 9.44. The first-order valence-electron chi connectivity index (χ1n) is 6.31. The van der Waals surface area contributed by atoms with Crippen molar-refractivity contribution in [3.05, 3.63) is 0 Å². The van der Waals surface area contributed by atoms with Crippen LogP contribution in [0.3, 0.4) is 0 Å². The molecule has 0 aliphatic heterocycles.